The van der Waals surface area contributed by atoms with Gasteiger partial charge in [0.05, 0.1) is 0 Å². The van der Waals surface area contributed by atoms with Crippen LogP contribution in [0, 0.1) is 23.2 Å². The fourth-order valence-corrected chi connectivity index (χ4v) is 5.34. The molecule has 5 rings (SSSR count). The quantitative estimate of drug-likeness (QED) is 0.453. The van der Waals surface area contributed by atoms with Gasteiger partial charge in [-0.25, -0.2) is 4.98 Å². The van der Waals surface area contributed by atoms with E-state index in [4.69, 9.17) is 5.73 Å². The second kappa shape index (κ2) is 6.34. The van der Waals surface area contributed by atoms with E-state index in [0.29, 0.717) is 11.4 Å². The van der Waals surface area contributed by atoms with Crippen LogP contribution in [0.25, 0.3) is 0 Å². The number of halogens is 1. The maximum Gasteiger partial charge on any atom is 0.194 e. The molecule has 0 aliphatic heterocycles. The number of anilines is 1. The van der Waals surface area contributed by atoms with E-state index in [1.807, 2.05) is 18.2 Å². The molecule has 0 radical (unpaired) electrons. The van der Waals surface area contributed by atoms with Crippen molar-refractivity contribution in [1.29, 1.82) is 0 Å². The van der Waals surface area contributed by atoms with Gasteiger partial charge in [-0.1, -0.05) is 6.07 Å². The van der Waals surface area contributed by atoms with Gasteiger partial charge in [0.15, 0.2) is 5.96 Å². The van der Waals surface area contributed by atoms with Gasteiger partial charge < -0.3 is 11.1 Å². The van der Waals surface area contributed by atoms with Gasteiger partial charge in [0, 0.05) is 12.7 Å². The molecule has 120 valence electrons. The van der Waals surface area contributed by atoms with Crippen molar-refractivity contribution in [1.82, 2.24) is 4.98 Å². The normalized spacial score (nSPS) is 36.0. The van der Waals surface area contributed by atoms with Gasteiger partial charge in [0.25, 0.3) is 0 Å². The van der Waals surface area contributed by atoms with Crippen LogP contribution in [0.5, 0.6) is 0 Å². The van der Waals surface area contributed by atoms with Gasteiger partial charge in [-0.3, -0.25) is 4.99 Å². The lowest BCUT2D eigenvalue weighted by Crippen LogP contribution is -2.47. The Morgan fingerprint density at radius 2 is 1.82 bits per heavy atom. The van der Waals surface area contributed by atoms with Crippen LogP contribution in [0.4, 0.5) is 5.82 Å². The molecule has 1 aromatic heterocycles. The van der Waals surface area contributed by atoms with Crippen molar-refractivity contribution in [3.8, 4) is 0 Å². The lowest BCUT2D eigenvalue weighted by molar-refractivity contribution is -0.0465. The summed E-state index contributed by atoms with van der Waals surface area (Å²) in [4.78, 5) is 8.87. The summed E-state index contributed by atoms with van der Waals surface area (Å²) in [5.41, 5.74) is 6.48. The molecule has 22 heavy (non-hydrogen) atoms. The number of guanidine groups is 1. The Bertz CT molecular complexity index is 508. The molecule has 4 aliphatic rings. The van der Waals surface area contributed by atoms with Gasteiger partial charge in [-0.05, 0) is 73.8 Å². The summed E-state index contributed by atoms with van der Waals surface area (Å²) >= 11 is 0. The van der Waals surface area contributed by atoms with Crippen molar-refractivity contribution in [3.63, 3.8) is 0 Å². The number of nitrogens with zero attached hydrogens (tertiary/aromatic N) is 2. The minimum absolute atomic E-state index is 0. The van der Waals surface area contributed by atoms with Crippen LogP contribution in [0.2, 0.25) is 0 Å². The molecule has 4 nitrogen and oxygen atoms in total. The summed E-state index contributed by atoms with van der Waals surface area (Å²) in [6, 6.07) is 5.75. The number of rotatable bonds is 3. The molecular weight excluding hydrogens is 387 g/mol. The van der Waals surface area contributed by atoms with Crippen molar-refractivity contribution in [3.05, 3.63) is 24.4 Å². The minimum Gasteiger partial charge on any atom is -0.370 e. The topological polar surface area (TPSA) is 63.3 Å². The molecule has 4 saturated carbocycles. The Kier molecular flexibility index (Phi) is 4.61. The van der Waals surface area contributed by atoms with Crippen LogP contribution in [-0.4, -0.2) is 17.5 Å². The molecule has 4 aliphatic carbocycles. The highest BCUT2D eigenvalue weighted by molar-refractivity contribution is 14.0. The van der Waals surface area contributed by atoms with Crippen LogP contribution in [0.3, 0.4) is 0 Å². The highest BCUT2D eigenvalue weighted by atomic mass is 127. The summed E-state index contributed by atoms with van der Waals surface area (Å²) in [6.07, 6.45) is 10.3. The number of hydrogen-bond donors (Lipinski definition) is 2. The third-order valence-corrected chi connectivity index (χ3v) is 5.67. The first-order chi connectivity index (χ1) is 10.2. The molecule has 3 N–H and O–H groups in total. The Labute approximate surface area is 149 Å². The van der Waals surface area contributed by atoms with E-state index >= 15 is 0 Å². The van der Waals surface area contributed by atoms with Gasteiger partial charge in [-0.2, -0.15) is 0 Å². The predicted molar refractivity (Wildman–Crippen MR) is 100 cm³/mol. The fraction of sp³-hybridized carbons (Fsp3) is 0.647. The molecule has 1 heterocycles. The van der Waals surface area contributed by atoms with E-state index < -0.39 is 0 Å². The van der Waals surface area contributed by atoms with Gasteiger partial charge in [-0.15, -0.1) is 24.0 Å². The second-order valence-electron chi connectivity index (χ2n) is 7.46. The van der Waals surface area contributed by atoms with Crippen LogP contribution in [0.1, 0.15) is 38.5 Å². The molecule has 0 aromatic carbocycles. The molecular formula is C17H25IN4. The van der Waals surface area contributed by atoms with Crippen LogP contribution in [-0.2, 0) is 0 Å². The van der Waals surface area contributed by atoms with Crippen molar-refractivity contribution >= 4 is 35.8 Å². The van der Waals surface area contributed by atoms with Gasteiger partial charge in [0.2, 0.25) is 0 Å². The van der Waals surface area contributed by atoms with E-state index in [1.54, 1.807) is 6.20 Å². The molecule has 4 fully saturated rings. The largest absolute Gasteiger partial charge is 0.370 e. The number of nitrogens with two attached hydrogens (primary N) is 1. The lowest BCUT2D eigenvalue weighted by atomic mass is 9.49. The zero-order valence-corrected chi connectivity index (χ0v) is 15.2. The molecule has 0 unspecified atom stereocenters. The average molecular weight is 412 g/mol. The third kappa shape index (κ3) is 3.24. The first-order valence-electron chi connectivity index (χ1n) is 8.19. The van der Waals surface area contributed by atoms with Crippen molar-refractivity contribution < 1.29 is 0 Å². The standard InChI is InChI=1S/C17H24N4.HI/c18-16(21-15-3-1-2-4-19-15)20-11-17-8-12-5-13(9-17)7-14(6-12)10-17;/h1-4,12-14H,5-11H2,(H3,18,19,20,21);1H. The molecule has 0 saturated heterocycles. The predicted octanol–water partition coefficient (Wildman–Crippen LogP) is 3.64. The summed E-state index contributed by atoms with van der Waals surface area (Å²) in [5.74, 6) is 4.18. The highest BCUT2D eigenvalue weighted by Crippen LogP contribution is 2.60. The number of nitrogens with one attached hydrogen (secondary N) is 1. The molecule has 4 bridgehead atoms. The summed E-state index contributed by atoms with van der Waals surface area (Å²) in [6.45, 7) is 0.891. The zero-order chi connectivity index (χ0) is 14.3. The van der Waals surface area contributed by atoms with E-state index in [2.05, 4.69) is 15.3 Å². The van der Waals surface area contributed by atoms with Crippen molar-refractivity contribution in [2.24, 2.45) is 33.9 Å². The fourth-order valence-electron chi connectivity index (χ4n) is 5.34. The second-order valence-corrected chi connectivity index (χ2v) is 7.46. The SMILES string of the molecule is I.NC(=NCC12CC3CC(CC(C3)C1)C2)Nc1ccccn1. The monoisotopic (exact) mass is 412 g/mol. The Morgan fingerprint density at radius 3 is 2.36 bits per heavy atom. The van der Waals surface area contributed by atoms with Gasteiger partial charge >= 0.3 is 0 Å². The smallest absolute Gasteiger partial charge is 0.194 e. The first kappa shape index (κ1) is 16.0. The van der Waals surface area contributed by atoms with E-state index in [0.717, 1.165) is 30.1 Å². The molecule has 5 heteroatoms. The Balaban J connectivity index is 0.00000144. The van der Waals surface area contributed by atoms with Crippen LogP contribution in [0.15, 0.2) is 29.4 Å². The Morgan fingerprint density at radius 1 is 1.18 bits per heavy atom. The molecule has 1 aromatic rings. The molecule has 0 atom stereocenters. The summed E-state index contributed by atoms with van der Waals surface area (Å²) in [7, 11) is 0. The number of hydrogen-bond acceptors (Lipinski definition) is 2. The first-order valence-corrected chi connectivity index (χ1v) is 8.19. The van der Waals surface area contributed by atoms with Crippen molar-refractivity contribution in [2.75, 3.05) is 11.9 Å². The number of aliphatic imine (C=N–C) groups is 1. The third-order valence-electron chi connectivity index (χ3n) is 5.67. The van der Waals surface area contributed by atoms with E-state index in [-0.39, 0.29) is 24.0 Å². The minimum atomic E-state index is 0. The molecule has 0 spiro atoms. The summed E-state index contributed by atoms with van der Waals surface area (Å²) in [5, 5.41) is 3.09. The van der Waals surface area contributed by atoms with Gasteiger partial charge in [0.1, 0.15) is 5.82 Å². The van der Waals surface area contributed by atoms with E-state index in [9.17, 15) is 0 Å². The van der Waals surface area contributed by atoms with E-state index in [1.165, 1.54) is 38.5 Å². The molecule has 0 amide bonds. The lowest BCUT2D eigenvalue weighted by Gasteiger charge is -2.56. The maximum atomic E-state index is 6.03. The zero-order valence-electron chi connectivity index (χ0n) is 12.9. The van der Waals surface area contributed by atoms with Crippen LogP contribution >= 0.6 is 24.0 Å². The Hall–Kier alpha value is -0.850. The number of pyridine rings is 1. The number of aromatic nitrogens is 1. The average Bonchev–Trinajstić information content (AvgIpc) is 2.45. The van der Waals surface area contributed by atoms with Crippen molar-refractivity contribution in [2.45, 2.75) is 38.5 Å². The van der Waals surface area contributed by atoms with Crippen LogP contribution < -0.4 is 11.1 Å². The maximum absolute atomic E-state index is 6.03. The highest BCUT2D eigenvalue weighted by Gasteiger charge is 2.50. The summed E-state index contributed by atoms with van der Waals surface area (Å²) < 4.78 is 0.